The third kappa shape index (κ3) is 6.22. The standard InChI is InChI=1S/C29H30P.C2H4O2/c1-22-5-13-26(14-6-22)21-30(27-15-7-23(2)8-16-27,28-17-9-24(3)10-18-28)29-19-11-25(4)12-20-29;1-2(3)4/h5-20H,21H2,1-4H3;1H3,(H,3,4)/q+1;/p-1. The van der Waals surface area contributed by atoms with Gasteiger partial charge >= 0.3 is 0 Å². The summed E-state index contributed by atoms with van der Waals surface area (Å²) in [6.07, 6.45) is 1.03. The molecule has 0 aliphatic rings. The first-order valence-corrected chi connectivity index (χ1v) is 13.5. The highest BCUT2D eigenvalue weighted by atomic mass is 31.2. The molecule has 0 saturated heterocycles. The Balaban J connectivity index is 0.000000751. The summed E-state index contributed by atoms with van der Waals surface area (Å²) in [5.41, 5.74) is 6.62. The molecule has 2 nitrogen and oxygen atoms in total. The Labute approximate surface area is 204 Å². The first-order chi connectivity index (χ1) is 16.2. The Kier molecular flexibility index (Phi) is 8.42. The summed E-state index contributed by atoms with van der Waals surface area (Å²) in [6.45, 7) is 9.64. The molecule has 3 heteroatoms. The van der Waals surface area contributed by atoms with Gasteiger partial charge in [-0.3, -0.25) is 0 Å². The van der Waals surface area contributed by atoms with E-state index in [-0.39, 0.29) is 0 Å². The fraction of sp³-hybridized carbons (Fsp3) is 0.194. The average Bonchev–Trinajstić information content (AvgIpc) is 2.80. The van der Waals surface area contributed by atoms with Crippen LogP contribution in [-0.4, -0.2) is 5.97 Å². The first kappa shape index (κ1) is 25.4. The van der Waals surface area contributed by atoms with Gasteiger partial charge in [-0.2, -0.15) is 0 Å². The van der Waals surface area contributed by atoms with E-state index < -0.39 is 13.2 Å². The minimum absolute atomic E-state index is 0.972. The van der Waals surface area contributed by atoms with E-state index in [0.29, 0.717) is 0 Å². The van der Waals surface area contributed by atoms with Crippen molar-refractivity contribution in [1.29, 1.82) is 0 Å². The lowest BCUT2D eigenvalue weighted by molar-refractivity contribution is -0.302. The molecule has 0 unspecified atom stereocenters. The number of benzene rings is 4. The SMILES string of the molecule is CC(=O)[O-].Cc1ccc(C[P+](c2ccc(C)cc2)(c2ccc(C)cc2)c2ccc(C)cc2)cc1. The Hall–Kier alpha value is -3.22. The summed E-state index contributed by atoms with van der Waals surface area (Å²) in [4.78, 5) is 8.89. The zero-order chi connectivity index (χ0) is 24.7. The molecule has 0 spiro atoms. The van der Waals surface area contributed by atoms with Gasteiger partial charge in [0.2, 0.25) is 0 Å². The molecule has 0 N–H and O–H groups in total. The van der Waals surface area contributed by atoms with Crippen LogP contribution in [0.3, 0.4) is 0 Å². The van der Waals surface area contributed by atoms with Crippen LogP contribution >= 0.6 is 7.26 Å². The molecule has 0 amide bonds. The molecule has 0 aromatic heterocycles. The molecule has 0 heterocycles. The summed E-state index contributed by atoms with van der Waals surface area (Å²) in [6, 6.07) is 36.8. The third-order valence-electron chi connectivity index (χ3n) is 5.96. The fourth-order valence-electron chi connectivity index (χ4n) is 4.09. The van der Waals surface area contributed by atoms with Crippen molar-refractivity contribution in [1.82, 2.24) is 0 Å². The molecule has 0 aliphatic carbocycles. The smallest absolute Gasteiger partial charge is 0.116 e. The van der Waals surface area contributed by atoms with Crippen LogP contribution in [0.2, 0.25) is 0 Å². The minimum Gasteiger partial charge on any atom is -0.550 e. The second-order valence-electron chi connectivity index (χ2n) is 8.95. The van der Waals surface area contributed by atoms with Crippen LogP contribution in [0.5, 0.6) is 0 Å². The largest absolute Gasteiger partial charge is 0.550 e. The van der Waals surface area contributed by atoms with E-state index in [1.807, 2.05) is 0 Å². The molecule has 4 rings (SSSR count). The minimum atomic E-state index is -1.85. The highest BCUT2D eigenvalue weighted by Crippen LogP contribution is 2.58. The number of hydrogen-bond donors (Lipinski definition) is 0. The number of carbonyl (C=O) groups excluding carboxylic acids is 1. The monoisotopic (exact) mass is 468 g/mol. The lowest BCUT2D eigenvalue weighted by Crippen LogP contribution is -2.32. The Morgan fingerprint density at radius 1 is 0.559 bits per heavy atom. The van der Waals surface area contributed by atoms with E-state index in [1.165, 1.54) is 43.7 Å². The molecular formula is C31H33O2P. The number of carbonyl (C=O) groups is 1. The van der Waals surface area contributed by atoms with Crippen molar-refractivity contribution < 1.29 is 9.90 Å². The zero-order valence-electron chi connectivity index (χ0n) is 20.7. The molecule has 34 heavy (non-hydrogen) atoms. The van der Waals surface area contributed by atoms with Crippen molar-refractivity contribution in [2.24, 2.45) is 0 Å². The average molecular weight is 469 g/mol. The molecule has 0 saturated carbocycles. The summed E-state index contributed by atoms with van der Waals surface area (Å²) >= 11 is 0. The number of rotatable bonds is 5. The quantitative estimate of drug-likeness (QED) is 0.379. The molecule has 0 fully saturated rings. The van der Waals surface area contributed by atoms with Crippen LogP contribution in [0.15, 0.2) is 97.1 Å². The molecule has 4 aromatic rings. The molecular weight excluding hydrogens is 435 g/mol. The topological polar surface area (TPSA) is 40.1 Å². The number of hydrogen-bond acceptors (Lipinski definition) is 2. The van der Waals surface area contributed by atoms with Gasteiger partial charge in [0.1, 0.15) is 23.2 Å². The molecule has 0 aliphatic heterocycles. The highest BCUT2D eigenvalue weighted by molar-refractivity contribution is 7.95. The molecule has 174 valence electrons. The van der Waals surface area contributed by atoms with E-state index in [9.17, 15) is 0 Å². The van der Waals surface area contributed by atoms with Gasteiger partial charge in [0.25, 0.3) is 0 Å². The van der Waals surface area contributed by atoms with Crippen molar-refractivity contribution in [3.63, 3.8) is 0 Å². The second kappa shape index (κ2) is 11.3. The Bertz CT molecular complexity index is 1090. The summed E-state index contributed by atoms with van der Waals surface area (Å²) in [7, 11) is -1.85. The van der Waals surface area contributed by atoms with E-state index in [1.54, 1.807) is 0 Å². The number of carboxylic acid groups (broad SMARTS) is 1. The van der Waals surface area contributed by atoms with Crippen LogP contribution in [0, 0.1) is 27.7 Å². The summed E-state index contributed by atoms with van der Waals surface area (Å²) in [5.74, 6) is -1.08. The van der Waals surface area contributed by atoms with Gasteiger partial charge in [-0.25, -0.2) is 0 Å². The maximum absolute atomic E-state index is 8.89. The molecule has 4 aromatic carbocycles. The summed E-state index contributed by atoms with van der Waals surface area (Å²) in [5, 5.41) is 13.2. The van der Waals surface area contributed by atoms with Crippen molar-refractivity contribution in [3.05, 3.63) is 125 Å². The predicted molar refractivity (Wildman–Crippen MR) is 145 cm³/mol. The van der Waals surface area contributed by atoms with Gasteiger partial charge in [-0.05, 0) is 76.6 Å². The summed E-state index contributed by atoms with van der Waals surface area (Å²) < 4.78 is 0. The second-order valence-corrected chi connectivity index (χ2v) is 12.4. The van der Waals surface area contributed by atoms with Gasteiger partial charge < -0.3 is 9.90 Å². The maximum atomic E-state index is 8.89. The molecule has 0 radical (unpaired) electrons. The van der Waals surface area contributed by atoms with Crippen LogP contribution in [0.1, 0.15) is 34.7 Å². The Morgan fingerprint density at radius 3 is 1.06 bits per heavy atom. The Morgan fingerprint density at radius 2 is 0.794 bits per heavy atom. The van der Waals surface area contributed by atoms with Crippen LogP contribution in [0.4, 0.5) is 0 Å². The number of aliphatic carboxylic acids is 1. The van der Waals surface area contributed by atoms with Crippen LogP contribution in [-0.2, 0) is 11.0 Å². The molecule has 0 bridgehead atoms. The van der Waals surface area contributed by atoms with Gasteiger partial charge in [-0.15, -0.1) is 0 Å². The van der Waals surface area contributed by atoms with Crippen LogP contribution in [0.25, 0.3) is 0 Å². The fourth-order valence-corrected chi connectivity index (χ4v) is 8.26. The normalized spacial score (nSPS) is 10.9. The first-order valence-electron chi connectivity index (χ1n) is 11.5. The van der Waals surface area contributed by atoms with Crippen molar-refractivity contribution in [2.45, 2.75) is 40.8 Å². The van der Waals surface area contributed by atoms with Crippen LogP contribution < -0.4 is 21.0 Å². The van der Waals surface area contributed by atoms with E-state index in [0.717, 1.165) is 13.1 Å². The molecule has 0 atom stereocenters. The van der Waals surface area contributed by atoms with Crippen molar-refractivity contribution in [3.8, 4) is 0 Å². The van der Waals surface area contributed by atoms with E-state index in [4.69, 9.17) is 9.90 Å². The highest BCUT2D eigenvalue weighted by Gasteiger charge is 2.45. The van der Waals surface area contributed by atoms with E-state index >= 15 is 0 Å². The number of aryl methyl sites for hydroxylation is 4. The lowest BCUT2D eigenvalue weighted by atomic mass is 10.2. The van der Waals surface area contributed by atoms with Gasteiger partial charge in [0.05, 0.1) is 6.16 Å². The third-order valence-corrected chi connectivity index (χ3v) is 10.3. The predicted octanol–water partition coefficient (Wildman–Crippen LogP) is 5.17. The van der Waals surface area contributed by atoms with Gasteiger partial charge in [-0.1, -0.05) is 82.9 Å². The van der Waals surface area contributed by atoms with Crippen molar-refractivity contribution >= 4 is 29.1 Å². The zero-order valence-corrected chi connectivity index (χ0v) is 21.6. The number of carboxylic acids is 1. The maximum Gasteiger partial charge on any atom is 0.116 e. The van der Waals surface area contributed by atoms with Crippen molar-refractivity contribution in [2.75, 3.05) is 0 Å². The van der Waals surface area contributed by atoms with E-state index in [2.05, 4.69) is 125 Å². The lowest BCUT2D eigenvalue weighted by Gasteiger charge is -2.28. The van der Waals surface area contributed by atoms with Gasteiger partial charge in [0, 0.05) is 5.97 Å². The van der Waals surface area contributed by atoms with Gasteiger partial charge in [0.15, 0.2) is 0 Å².